The molecule has 0 heterocycles. The van der Waals surface area contributed by atoms with Gasteiger partial charge in [0.1, 0.15) is 5.75 Å². The molecule has 0 spiro atoms. The first-order chi connectivity index (χ1) is 11.7. The third-order valence-electron chi connectivity index (χ3n) is 3.90. The highest BCUT2D eigenvalue weighted by Gasteiger charge is 2.04. The predicted octanol–water partition coefficient (Wildman–Crippen LogP) is 3.59. The first kappa shape index (κ1) is 18.2. The molecule has 128 valence electrons. The Bertz CT molecular complexity index is 621. The van der Waals surface area contributed by atoms with Crippen LogP contribution in [0, 0.1) is 0 Å². The molecule has 24 heavy (non-hydrogen) atoms. The molecule has 0 saturated heterocycles. The first-order valence-electron chi connectivity index (χ1n) is 8.26. The molecule has 1 amide bonds. The second kappa shape index (κ2) is 9.88. The summed E-state index contributed by atoms with van der Waals surface area (Å²) in [5.41, 5.74) is 2.41. The number of thiocarbonyl (C=S) groups is 1. The van der Waals surface area contributed by atoms with Crippen LogP contribution in [0.15, 0.2) is 42.0 Å². The zero-order valence-electron chi connectivity index (χ0n) is 14.0. The number of amides is 1. The Morgan fingerprint density at radius 1 is 1.29 bits per heavy atom. The molecule has 1 aromatic rings. The number of hydrogen-bond acceptors (Lipinski definition) is 3. The number of rotatable bonds is 6. The molecule has 0 aromatic heterocycles. The van der Waals surface area contributed by atoms with Gasteiger partial charge in [-0.1, -0.05) is 23.8 Å². The number of carbonyl (C=O) groups excluding carboxylic acids is 1. The first-order valence-corrected chi connectivity index (χ1v) is 8.67. The SMILES string of the molecule is COc1ccc(/C=C/C(=O)NC(=S)NCCC2=CCCCC2)cc1. The van der Waals surface area contributed by atoms with Gasteiger partial charge in [-0.2, -0.15) is 0 Å². The zero-order valence-corrected chi connectivity index (χ0v) is 14.8. The van der Waals surface area contributed by atoms with Crippen molar-refractivity contribution in [1.29, 1.82) is 0 Å². The molecule has 1 aliphatic carbocycles. The van der Waals surface area contributed by atoms with E-state index in [9.17, 15) is 4.79 Å². The van der Waals surface area contributed by atoms with Crippen LogP contribution in [-0.2, 0) is 4.79 Å². The molecule has 0 atom stereocenters. The largest absolute Gasteiger partial charge is 0.497 e. The summed E-state index contributed by atoms with van der Waals surface area (Å²) >= 11 is 5.15. The summed E-state index contributed by atoms with van der Waals surface area (Å²) in [4.78, 5) is 11.9. The highest BCUT2D eigenvalue weighted by molar-refractivity contribution is 7.80. The summed E-state index contributed by atoms with van der Waals surface area (Å²) < 4.78 is 5.10. The fourth-order valence-electron chi connectivity index (χ4n) is 2.55. The van der Waals surface area contributed by atoms with Crippen LogP contribution >= 0.6 is 12.2 Å². The lowest BCUT2D eigenvalue weighted by molar-refractivity contribution is -0.115. The lowest BCUT2D eigenvalue weighted by Crippen LogP contribution is -2.38. The molecule has 0 saturated carbocycles. The van der Waals surface area contributed by atoms with Crippen molar-refractivity contribution in [2.24, 2.45) is 0 Å². The van der Waals surface area contributed by atoms with Crippen molar-refractivity contribution in [2.45, 2.75) is 32.1 Å². The van der Waals surface area contributed by atoms with Gasteiger partial charge in [0.15, 0.2) is 5.11 Å². The van der Waals surface area contributed by atoms with E-state index in [1.54, 1.807) is 13.2 Å². The minimum absolute atomic E-state index is 0.236. The van der Waals surface area contributed by atoms with Crippen molar-refractivity contribution in [2.75, 3.05) is 13.7 Å². The number of allylic oxidation sites excluding steroid dienone is 1. The topological polar surface area (TPSA) is 50.4 Å². The Hall–Kier alpha value is -2.14. The van der Waals surface area contributed by atoms with E-state index >= 15 is 0 Å². The quantitative estimate of drug-likeness (QED) is 0.470. The van der Waals surface area contributed by atoms with E-state index in [1.165, 1.54) is 37.3 Å². The van der Waals surface area contributed by atoms with Gasteiger partial charge in [0.25, 0.3) is 0 Å². The molecule has 2 rings (SSSR count). The van der Waals surface area contributed by atoms with Crippen LogP contribution in [0.2, 0.25) is 0 Å². The summed E-state index contributed by atoms with van der Waals surface area (Å²) in [6, 6.07) is 7.47. The zero-order chi connectivity index (χ0) is 17.2. The maximum atomic E-state index is 11.9. The number of nitrogens with one attached hydrogen (secondary N) is 2. The van der Waals surface area contributed by atoms with E-state index in [1.807, 2.05) is 24.3 Å². The maximum Gasteiger partial charge on any atom is 0.250 e. The number of hydrogen-bond donors (Lipinski definition) is 2. The Balaban J connectivity index is 1.69. The van der Waals surface area contributed by atoms with Crippen LogP contribution in [0.25, 0.3) is 6.08 Å². The van der Waals surface area contributed by atoms with E-state index in [-0.39, 0.29) is 5.91 Å². The van der Waals surface area contributed by atoms with E-state index in [0.29, 0.717) is 5.11 Å². The Labute approximate surface area is 149 Å². The molecule has 0 radical (unpaired) electrons. The standard InChI is InChI=1S/C19H24N2O2S/c1-23-17-10-7-16(8-11-17)9-12-18(22)21-19(24)20-14-13-15-5-3-2-4-6-15/h5,7-12H,2-4,6,13-14H2,1H3,(H2,20,21,22,24)/b12-9+. The molecule has 0 aliphatic heterocycles. The molecule has 2 N–H and O–H groups in total. The van der Waals surface area contributed by atoms with Crippen LogP contribution in [0.3, 0.4) is 0 Å². The van der Waals surface area contributed by atoms with Gasteiger partial charge in [-0.05, 0) is 68.1 Å². The predicted molar refractivity (Wildman–Crippen MR) is 102 cm³/mol. The van der Waals surface area contributed by atoms with Crippen molar-refractivity contribution in [3.05, 3.63) is 47.6 Å². The van der Waals surface area contributed by atoms with Crippen LogP contribution in [0.4, 0.5) is 0 Å². The Morgan fingerprint density at radius 3 is 2.75 bits per heavy atom. The van der Waals surface area contributed by atoms with Crippen molar-refractivity contribution in [3.8, 4) is 5.75 Å². The lowest BCUT2D eigenvalue weighted by atomic mass is 9.97. The average Bonchev–Trinajstić information content (AvgIpc) is 2.61. The van der Waals surface area contributed by atoms with E-state index in [0.717, 1.165) is 24.3 Å². The highest BCUT2D eigenvalue weighted by atomic mass is 32.1. The Kier molecular flexibility index (Phi) is 7.49. The summed E-state index contributed by atoms with van der Waals surface area (Å²) in [5, 5.41) is 6.11. The summed E-state index contributed by atoms with van der Waals surface area (Å²) in [6.07, 6.45) is 11.5. The highest BCUT2D eigenvalue weighted by Crippen LogP contribution is 2.19. The summed E-state index contributed by atoms with van der Waals surface area (Å²) in [5.74, 6) is 0.551. The smallest absolute Gasteiger partial charge is 0.250 e. The van der Waals surface area contributed by atoms with Gasteiger partial charge >= 0.3 is 0 Å². The number of carbonyl (C=O) groups is 1. The monoisotopic (exact) mass is 344 g/mol. The van der Waals surface area contributed by atoms with Gasteiger partial charge in [-0.3, -0.25) is 10.1 Å². The molecule has 1 aliphatic rings. The third kappa shape index (κ3) is 6.54. The number of benzene rings is 1. The second-order valence-corrected chi connectivity index (χ2v) is 6.12. The lowest BCUT2D eigenvalue weighted by Gasteiger charge is -2.13. The fraction of sp³-hybridized carbons (Fsp3) is 0.368. The van der Waals surface area contributed by atoms with E-state index in [2.05, 4.69) is 16.7 Å². The van der Waals surface area contributed by atoms with Gasteiger partial charge in [0.2, 0.25) is 5.91 Å². The molecule has 4 nitrogen and oxygen atoms in total. The van der Waals surface area contributed by atoms with Gasteiger partial charge in [0.05, 0.1) is 7.11 Å². The molecule has 5 heteroatoms. The molecule has 0 bridgehead atoms. The van der Waals surface area contributed by atoms with Crippen molar-refractivity contribution in [3.63, 3.8) is 0 Å². The molecular formula is C19H24N2O2S. The van der Waals surface area contributed by atoms with Gasteiger partial charge in [-0.25, -0.2) is 0 Å². The molecule has 0 fully saturated rings. The van der Waals surface area contributed by atoms with E-state index in [4.69, 9.17) is 17.0 Å². The fourth-order valence-corrected chi connectivity index (χ4v) is 2.76. The third-order valence-corrected chi connectivity index (χ3v) is 4.14. The molecular weight excluding hydrogens is 320 g/mol. The number of ether oxygens (including phenoxy) is 1. The van der Waals surface area contributed by atoms with Crippen LogP contribution in [-0.4, -0.2) is 24.7 Å². The van der Waals surface area contributed by atoms with Crippen molar-refractivity contribution in [1.82, 2.24) is 10.6 Å². The minimum atomic E-state index is -0.236. The van der Waals surface area contributed by atoms with Crippen molar-refractivity contribution >= 4 is 29.3 Å². The van der Waals surface area contributed by atoms with E-state index < -0.39 is 0 Å². The molecule has 1 aromatic carbocycles. The van der Waals surface area contributed by atoms with Gasteiger partial charge < -0.3 is 10.1 Å². The van der Waals surface area contributed by atoms with Crippen molar-refractivity contribution < 1.29 is 9.53 Å². The maximum absolute atomic E-state index is 11.9. The van der Waals surface area contributed by atoms with Crippen LogP contribution in [0.5, 0.6) is 5.75 Å². The van der Waals surface area contributed by atoms with Gasteiger partial charge in [-0.15, -0.1) is 0 Å². The number of methoxy groups -OCH3 is 1. The average molecular weight is 344 g/mol. The normalized spacial score (nSPS) is 14.1. The van der Waals surface area contributed by atoms with Crippen LogP contribution in [0.1, 0.15) is 37.7 Å². The summed E-state index contributed by atoms with van der Waals surface area (Å²) in [7, 11) is 1.62. The molecule has 0 unspecified atom stereocenters. The summed E-state index contributed by atoms with van der Waals surface area (Å²) in [6.45, 7) is 0.757. The minimum Gasteiger partial charge on any atom is -0.497 e. The Morgan fingerprint density at radius 2 is 2.08 bits per heavy atom. The van der Waals surface area contributed by atoms with Crippen LogP contribution < -0.4 is 15.4 Å². The second-order valence-electron chi connectivity index (χ2n) is 5.71. The van der Waals surface area contributed by atoms with Gasteiger partial charge in [0, 0.05) is 12.6 Å².